The monoisotopic (exact) mass is 666 g/mol. The Bertz CT molecular complexity index is 697. The van der Waals surface area contributed by atoms with Crippen LogP contribution in [0.25, 0.3) is 0 Å². The average molecular weight is 667 g/mol. The first-order valence-electron chi connectivity index (χ1n) is 13.6. The minimum atomic E-state index is -5.46. The molecule has 0 radical (unpaired) electrons. The normalized spacial score (nSPS) is 15.0. The summed E-state index contributed by atoms with van der Waals surface area (Å²) in [6.07, 6.45) is -15.4. The summed E-state index contributed by atoms with van der Waals surface area (Å²) < 4.78 is 122. The summed E-state index contributed by atoms with van der Waals surface area (Å²) in [5.41, 5.74) is 0. The molecule has 0 fully saturated rings. The number of halogens is 6. The van der Waals surface area contributed by atoms with Crippen LogP contribution in [0.2, 0.25) is 0 Å². The van der Waals surface area contributed by atoms with Crippen molar-refractivity contribution in [2.75, 3.05) is 99.1 Å². The summed E-state index contributed by atoms with van der Waals surface area (Å²) in [5.74, 6) is 0. The van der Waals surface area contributed by atoms with Crippen molar-refractivity contribution in [1.29, 1.82) is 0 Å². The van der Waals surface area contributed by atoms with Gasteiger partial charge in [-0.15, -0.1) is 15.4 Å². The van der Waals surface area contributed by atoms with Crippen molar-refractivity contribution in [3.63, 3.8) is 0 Å². The van der Waals surface area contributed by atoms with Crippen molar-refractivity contribution in [2.45, 2.75) is 49.7 Å². The van der Waals surface area contributed by atoms with Crippen molar-refractivity contribution >= 4 is 0 Å². The lowest BCUT2D eigenvalue weighted by molar-refractivity contribution is -0.518. The molecule has 4 N–H and O–H groups in total. The third kappa shape index (κ3) is 27.1. The minimum Gasteiger partial charge on any atom is -0.394 e. The van der Waals surface area contributed by atoms with Gasteiger partial charge in [0.15, 0.2) is 0 Å². The summed E-state index contributed by atoms with van der Waals surface area (Å²) in [6, 6.07) is 0. The molecule has 0 saturated carbocycles. The van der Waals surface area contributed by atoms with Crippen molar-refractivity contribution in [1.82, 2.24) is 0 Å². The molecule has 3 atom stereocenters. The van der Waals surface area contributed by atoms with E-state index in [0.29, 0.717) is 26.2 Å². The molecule has 0 aromatic rings. The maximum absolute atomic E-state index is 13.6. The maximum Gasteiger partial charge on any atom is 0.495 e. The van der Waals surface area contributed by atoms with Gasteiger partial charge in [0, 0.05) is 19.8 Å². The van der Waals surface area contributed by atoms with Gasteiger partial charge in [-0.3, -0.25) is 0 Å². The Kier molecular flexibility index (Phi) is 24.3. The summed E-state index contributed by atoms with van der Waals surface area (Å²) in [6.45, 7) is -1.88. The van der Waals surface area contributed by atoms with E-state index in [-0.39, 0.29) is 46.2 Å². The molecule has 0 aromatic carbocycles. The molecule has 264 valence electrons. The fourth-order valence-electron chi connectivity index (χ4n) is 2.79. The number of ether oxygens (including phenoxy) is 9. The molecular formula is C25H44F6O13. The fraction of sp³-hybridized carbons (Fsp3) is 0.920. The van der Waals surface area contributed by atoms with E-state index >= 15 is 0 Å². The van der Waals surface area contributed by atoms with Crippen molar-refractivity contribution in [2.24, 2.45) is 0 Å². The van der Waals surface area contributed by atoms with E-state index in [4.69, 9.17) is 28.8 Å². The average Bonchev–Trinajstić information content (AvgIpc) is 2.90. The molecule has 13 nitrogen and oxygen atoms in total. The number of aliphatic hydroxyl groups is 4. The zero-order valence-corrected chi connectivity index (χ0v) is 24.3. The second kappa shape index (κ2) is 25.0. The highest BCUT2D eigenvalue weighted by Crippen LogP contribution is 2.33. The number of hydrogen-bond acceptors (Lipinski definition) is 13. The predicted octanol–water partition coefficient (Wildman–Crippen LogP) is 0.913. The molecule has 0 amide bonds. The standard InChI is InChI=1S/C25H44F6O13/c1-2-3-6-36-7-4-8-37-12-20(33)15-41-16-21(34)14-39-10-11-40-18-23(26,27)43-25(30,31)44-24(28,29)19-42-17-22(35)13-38-9-5-32/h2,20-22,32-35H,1,3-19H2. The Morgan fingerprint density at radius 1 is 0.545 bits per heavy atom. The van der Waals surface area contributed by atoms with Gasteiger partial charge in [-0.2, -0.15) is 17.6 Å². The van der Waals surface area contributed by atoms with Gasteiger partial charge < -0.3 is 53.6 Å². The molecule has 19 heteroatoms. The Hall–Kier alpha value is -1.20. The van der Waals surface area contributed by atoms with E-state index in [9.17, 15) is 41.7 Å². The first kappa shape index (κ1) is 42.8. The van der Waals surface area contributed by atoms with Crippen LogP contribution in [-0.4, -0.2) is 156 Å². The quantitative estimate of drug-likeness (QED) is 0.0347. The van der Waals surface area contributed by atoms with Gasteiger partial charge in [-0.05, 0) is 12.8 Å². The van der Waals surface area contributed by atoms with E-state index in [1.165, 1.54) is 0 Å². The third-order valence-corrected chi connectivity index (χ3v) is 4.59. The number of hydrogen-bond donors (Lipinski definition) is 4. The largest absolute Gasteiger partial charge is 0.495 e. The van der Waals surface area contributed by atoms with Gasteiger partial charge in [0.2, 0.25) is 0 Å². The Morgan fingerprint density at radius 2 is 0.977 bits per heavy atom. The van der Waals surface area contributed by atoms with Crippen molar-refractivity contribution < 1.29 is 89.4 Å². The molecular weight excluding hydrogens is 622 g/mol. The highest BCUT2D eigenvalue weighted by molar-refractivity contribution is 4.64. The predicted molar refractivity (Wildman–Crippen MR) is 137 cm³/mol. The lowest BCUT2D eigenvalue weighted by atomic mass is 10.4. The first-order valence-corrected chi connectivity index (χ1v) is 13.6. The van der Waals surface area contributed by atoms with Gasteiger partial charge in [0.25, 0.3) is 0 Å². The maximum atomic E-state index is 13.6. The zero-order chi connectivity index (χ0) is 33.3. The van der Waals surface area contributed by atoms with Crippen LogP contribution in [0, 0.1) is 0 Å². The molecule has 0 aliphatic heterocycles. The third-order valence-electron chi connectivity index (χ3n) is 4.59. The van der Waals surface area contributed by atoms with E-state index in [1.807, 2.05) is 0 Å². The lowest BCUT2D eigenvalue weighted by Crippen LogP contribution is -2.44. The molecule has 0 rings (SSSR count). The van der Waals surface area contributed by atoms with Crippen LogP contribution < -0.4 is 0 Å². The Morgan fingerprint density at radius 3 is 1.52 bits per heavy atom. The van der Waals surface area contributed by atoms with E-state index in [0.717, 1.165) is 6.42 Å². The van der Waals surface area contributed by atoms with Crippen LogP contribution in [0.4, 0.5) is 26.3 Å². The van der Waals surface area contributed by atoms with Crippen LogP contribution in [0.5, 0.6) is 0 Å². The van der Waals surface area contributed by atoms with Gasteiger partial charge in [0.05, 0.1) is 66.1 Å². The highest BCUT2D eigenvalue weighted by Gasteiger charge is 2.52. The summed E-state index contributed by atoms with van der Waals surface area (Å²) >= 11 is 0. The van der Waals surface area contributed by atoms with Crippen LogP contribution >= 0.6 is 0 Å². The molecule has 3 unspecified atom stereocenters. The molecule has 0 aliphatic carbocycles. The molecule has 44 heavy (non-hydrogen) atoms. The van der Waals surface area contributed by atoms with Gasteiger partial charge >= 0.3 is 18.5 Å². The molecule has 0 saturated heterocycles. The molecule has 0 heterocycles. The zero-order valence-electron chi connectivity index (χ0n) is 24.3. The second-order valence-corrected chi connectivity index (χ2v) is 9.00. The smallest absolute Gasteiger partial charge is 0.394 e. The fourth-order valence-corrected chi connectivity index (χ4v) is 2.79. The van der Waals surface area contributed by atoms with E-state index < -0.39 is 69.9 Å². The molecule has 0 aliphatic rings. The second-order valence-electron chi connectivity index (χ2n) is 9.00. The van der Waals surface area contributed by atoms with Crippen LogP contribution in [0.15, 0.2) is 12.7 Å². The summed E-state index contributed by atoms with van der Waals surface area (Å²) in [4.78, 5) is 0. The molecule has 0 aromatic heterocycles. The van der Waals surface area contributed by atoms with E-state index in [2.05, 4.69) is 25.5 Å². The van der Waals surface area contributed by atoms with Gasteiger partial charge in [-0.25, -0.2) is 9.47 Å². The number of aliphatic hydroxyl groups excluding tert-OH is 4. The lowest BCUT2D eigenvalue weighted by Gasteiger charge is -2.26. The van der Waals surface area contributed by atoms with Crippen LogP contribution in [0.3, 0.4) is 0 Å². The number of rotatable bonds is 32. The Labute approximate surface area is 251 Å². The topological polar surface area (TPSA) is 164 Å². The highest BCUT2D eigenvalue weighted by atomic mass is 19.3. The Balaban J connectivity index is 3.98. The summed E-state index contributed by atoms with van der Waals surface area (Å²) in [7, 11) is 0. The SMILES string of the molecule is C=CCCOCCCOCC(O)COCC(O)COCCOCC(F)(F)OC(F)(F)OC(F)(F)COCC(O)COCCO. The van der Waals surface area contributed by atoms with E-state index in [1.54, 1.807) is 6.08 Å². The first-order chi connectivity index (χ1) is 20.7. The molecule has 0 spiro atoms. The van der Waals surface area contributed by atoms with Crippen LogP contribution in [0.1, 0.15) is 12.8 Å². The van der Waals surface area contributed by atoms with Gasteiger partial charge in [0.1, 0.15) is 31.5 Å². The van der Waals surface area contributed by atoms with Gasteiger partial charge in [-0.1, -0.05) is 6.08 Å². The van der Waals surface area contributed by atoms with Crippen LogP contribution in [-0.2, 0) is 42.6 Å². The molecule has 0 bridgehead atoms. The number of alkyl halides is 6. The van der Waals surface area contributed by atoms with Crippen molar-refractivity contribution in [3.05, 3.63) is 12.7 Å². The van der Waals surface area contributed by atoms with Crippen molar-refractivity contribution in [3.8, 4) is 0 Å². The summed E-state index contributed by atoms with van der Waals surface area (Å²) in [5, 5.41) is 37.4. The minimum absolute atomic E-state index is 0.00826.